The molecule has 126 valence electrons. The van der Waals surface area contributed by atoms with Crippen LogP contribution >= 0.6 is 11.8 Å². The molecule has 2 aliphatic rings. The Morgan fingerprint density at radius 3 is 2.43 bits per heavy atom. The molecular weight excluding hydrogens is 302 g/mol. The van der Waals surface area contributed by atoms with Crippen molar-refractivity contribution < 1.29 is 4.79 Å². The number of piperidine rings is 1. The predicted octanol–water partition coefficient (Wildman–Crippen LogP) is 4.59. The second-order valence-corrected chi connectivity index (χ2v) is 9.25. The van der Waals surface area contributed by atoms with E-state index < -0.39 is 0 Å². The molecule has 0 aliphatic carbocycles. The number of hydrogen-bond acceptors (Lipinski definition) is 2. The minimum atomic E-state index is 0.185. The fourth-order valence-corrected chi connectivity index (χ4v) is 5.17. The molecule has 2 saturated heterocycles. The van der Waals surface area contributed by atoms with E-state index in [1.54, 1.807) is 0 Å². The monoisotopic (exact) mass is 331 g/mol. The molecule has 0 saturated carbocycles. The van der Waals surface area contributed by atoms with Crippen molar-refractivity contribution in [1.82, 2.24) is 4.90 Å². The highest BCUT2D eigenvalue weighted by atomic mass is 32.2. The van der Waals surface area contributed by atoms with Gasteiger partial charge in [0.15, 0.2) is 0 Å². The van der Waals surface area contributed by atoms with Gasteiger partial charge in [0.1, 0.15) is 0 Å². The van der Waals surface area contributed by atoms with E-state index >= 15 is 0 Å². The van der Waals surface area contributed by atoms with E-state index in [-0.39, 0.29) is 10.7 Å². The summed E-state index contributed by atoms with van der Waals surface area (Å²) in [4.78, 5) is 14.7. The zero-order valence-electron chi connectivity index (χ0n) is 14.7. The van der Waals surface area contributed by atoms with E-state index in [1.165, 1.54) is 17.5 Å². The summed E-state index contributed by atoms with van der Waals surface area (Å²) in [6.07, 6.45) is 4.50. The summed E-state index contributed by atoms with van der Waals surface area (Å²) in [6, 6.07) is 8.90. The first kappa shape index (κ1) is 16.9. The molecule has 23 heavy (non-hydrogen) atoms. The molecule has 0 spiro atoms. The number of hydrogen-bond donors (Lipinski definition) is 0. The molecule has 0 N–H and O–H groups in total. The Balaban J connectivity index is 1.66. The van der Waals surface area contributed by atoms with Crippen molar-refractivity contribution in [3.63, 3.8) is 0 Å². The highest BCUT2D eigenvalue weighted by Crippen LogP contribution is 2.36. The van der Waals surface area contributed by atoms with Crippen LogP contribution in [0.15, 0.2) is 24.3 Å². The van der Waals surface area contributed by atoms with Gasteiger partial charge in [-0.15, -0.1) is 11.8 Å². The van der Waals surface area contributed by atoms with Crippen LogP contribution in [0.1, 0.15) is 63.5 Å². The SMILES string of the molecule is CC(C)(C)c1ccccc1C1CCN(C(=O)C2CCCS2)CC1. The van der Waals surface area contributed by atoms with Crippen LogP contribution in [-0.2, 0) is 10.2 Å². The molecule has 2 heterocycles. The van der Waals surface area contributed by atoms with Crippen LogP contribution in [0.3, 0.4) is 0 Å². The average molecular weight is 332 g/mol. The van der Waals surface area contributed by atoms with Crippen LogP contribution in [0.2, 0.25) is 0 Å². The Morgan fingerprint density at radius 1 is 1.13 bits per heavy atom. The van der Waals surface area contributed by atoms with Gasteiger partial charge in [-0.05, 0) is 53.9 Å². The summed E-state index contributed by atoms with van der Waals surface area (Å²) in [7, 11) is 0. The molecule has 2 aliphatic heterocycles. The molecule has 3 rings (SSSR count). The molecule has 1 aromatic rings. The minimum Gasteiger partial charge on any atom is -0.342 e. The fraction of sp³-hybridized carbons (Fsp3) is 0.650. The third-order valence-corrected chi connectivity index (χ3v) is 6.58. The average Bonchev–Trinajstić information content (AvgIpc) is 3.08. The topological polar surface area (TPSA) is 20.3 Å². The quantitative estimate of drug-likeness (QED) is 0.790. The van der Waals surface area contributed by atoms with Crippen LogP contribution in [-0.4, -0.2) is 34.9 Å². The van der Waals surface area contributed by atoms with Gasteiger partial charge < -0.3 is 4.90 Å². The fourth-order valence-electron chi connectivity index (χ4n) is 3.92. The molecule has 0 bridgehead atoms. The first-order chi connectivity index (χ1) is 11.0. The Hall–Kier alpha value is -0.960. The Kier molecular flexibility index (Phi) is 5.05. The van der Waals surface area contributed by atoms with Crippen molar-refractivity contribution in [1.29, 1.82) is 0 Å². The van der Waals surface area contributed by atoms with Gasteiger partial charge in [-0.3, -0.25) is 4.79 Å². The lowest BCUT2D eigenvalue weighted by Gasteiger charge is -2.35. The number of likely N-dealkylation sites (tertiary alicyclic amines) is 1. The largest absolute Gasteiger partial charge is 0.342 e. The van der Waals surface area contributed by atoms with E-state index in [4.69, 9.17) is 0 Å². The van der Waals surface area contributed by atoms with Gasteiger partial charge in [0.25, 0.3) is 0 Å². The van der Waals surface area contributed by atoms with Crippen LogP contribution in [0.5, 0.6) is 0 Å². The van der Waals surface area contributed by atoms with Crippen molar-refractivity contribution in [2.75, 3.05) is 18.8 Å². The molecule has 1 unspecified atom stereocenters. The lowest BCUT2D eigenvalue weighted by atomic mass is 9.77. The predicted molar refractivity (Wildman–Crippen MR) is 99.2 cm³/mol. The Labute approximate surface area is 145 Å². The molecule has 0 radical (unpaired) electrons. The van der Waals surface area contributed by atoms with Gasteiger partial charge in [-0.1, -0.05) is 45.0 Å². The molecule has 2 fully saturated rings. The molecule has 1 atom stereocenters. The van der Waals surface area contributed by atoms with Gasteiger partial charge in [0.2, 0.25) is 5.91 Å². The van der Waals surface area contributed by atoms with E-state index in [0.29, 0.717) is 11.8 Å². The molecular formula is C20H29NOS. The summed E-state index contributed by atoms with van der Waals surface area (Å²) < 4.78 is 0. The third-order valence-electron chi connectivity index (χ3n) is 5.22. The van der Waals surface area contributed by atoms with E-state index in [0.717, 1.165) is 38.1 Å². The number of amides is 1. The van der Waals surface area contributed by atoms with E-state index in [2.05, 4.69) is 49.9 Å². The zero-order chi connectivity index (χ0) is 16.4. The lowest BCUT2D eigenvalue weighted by molar-refractivity contribution is -0.131. The number of nitrogens with zero attached hydrogens (tertiary/aromatic N) is 1. The minimum absolute atomic E-state index is 0.185. The smallest absolute Gasteiger partial charge is 0.235 e. The van der Waals surface area contributed by atoms with Gasteiger partial charge in [0, 0.05) is 13.1 Å². The van der Waals surface area contributed by atoms with E-state index in [1.807, 2.05) is 11.8 Å². The number of thioether (sulfide) groups is 1. The number of rotatable bonds is 2. The van der Waals surface area contributed by atoms with Gasteiger partial charge in [0.05, 0.1) is 5.25 Å². The normalized spacial score (nSPS) is 23.3. The van der Waals surface area contributed by atoms with E-state index in [9.17, 15) is 4.79 Å². The molecule has 1 amide bonds. The molecule has 1 aromatic carbocycles. The third kappa shape index (κ3) is 3.76. The Bertz CT molecular complexity index is 549. The van der Waals surface area contributed by atoms with Crippen molar-refractivity contribution in [3.8, 4) is 0 Å². The summed E-state index contributed by atoms with van der Waals surface area (Å²) in [6.45, 7) is 8.74. The summed E-state index contributed by atoms with van der Waals surface area (Å²) in [5.74, 6) is 2.16. The molecule has 0 aromatic heterocycles. The van der Waals surface area contributed by atoms with Gasteiger partial charge in [-0.25, -0.2) is 0 Å². The maximum absolute atomic E-state index is 12.6. The molecule has 2 nitrogen and oxygen atoms in total. The number of carbonyl (C=O) groups excluding carboxylic acids is 1. The van der Waals surface area contributed by atoms with Crippen LogP contribution in [0.4, 0.5) is 0 Å². The van der Waals surface area contributed by atoms with Crippen molar-refractivity contribution in [2.45, 2.75) is 63.0 Å². The highest BCUT2D eigenvalue weighted by Gasteiger charge is 2.32. The Morgan fingerprint density at radius 2 is 1.83 bits per heavy atom. The second kappa shape index (κ2) is 6.88. The number of benzene rings is 1. The maximum Gasteiger partial charge on any atom is 0.235 e. The van der Waals surface area contributed by atoms with Crippen molar-refractivity contribution in [2.24, 2.45) is 0 Å². The van der Waals surface area contributed by atoms with Gasteiger partial charge >= 0.3 is 0 Å². The maximum atomic E-state index is 12.6. The summed E-state index contributed by atoms with van der Waals surface area (Å²) in [5.41, 5.74) is 3.16. The molecule has 3 heteroatoms. The highest BCUT2D eigenvalue weighted by molar-refractivity contribution is 8.00. The standard InChI is InChI=1S/C20H29NOS/c1-20(2,3)17-8-5-4-7-16(17)15-10-12-21(13-11-15)19(22)18-9-6-14-23-18/h4-5,7-8,15,18H,6,9-14H2,1-3H3. The first-order valence-electron chi connectivity index (χ1n) is 8.96. The number of carbonyl (C=O) groups is 1. The van der Waals surface area contributed by atoms with Crippen LogP contribution < -0.4 is 0 Å². The van der Waals surface area contributed by atoms with Crippen LogP contribution in [0, 0.1) is 0 Å². The first-order valence-corrected chi connectivity index (χ1v) is 10.0. The van der Waals surface area contributed by atoms with Gasteiger partial charge in [-0.2, -0.15) is 0 Å². The summed E-state index contributed by atoms with van der Waals surface area (Å²) in [5, 5.41) is 0.244. The zero-order valence-corrected chi connectivity index (χ0v) is 15.5. The lowest BCUT2D eigenvalue weighted by Crippen LogP contribution is -2.42. The summed E-state index contributed by atoms with van der Waals surface area (Å²) >= 11 is 1.86. The van der Waals surface area contributed by atoms with Crippen molar-refractivity contribution >= 4 is 17.7 Å². The second-order valence-electron chi connectivity index (χ2n) is 7.94. The van der Waals surface area contributed by atoms with Crippen molar-refractivity contribution in [3.05, 3.63) is 35.4 Å². The van der Waals surface area contributed by atoms with Crippen LogP contribution in [0.25, 0.3) is 0 Å².